The van der Waals surface area contributed by atoms with Crippen LogP contribution >= 0.6 is 0 Å². The first-order chi connectivity index (χ1) is 11.0. The van der Waals surface area contributed by atoms with Crippen LogP contribution in [-0.2, 0) is 25.6 Å². The normalized spacial score (nSPS) is 33.3. The Hall–Kier alpha value is -1.24. The second kappa shape index (κ2) is 6.71. The first-order valence-electron chi connectivity index (χ1n) is 7.96. The van der Waals surface area contributed by atoms with Crippen molar-refractivity contribution in [1.29, 1.82) is 0 Å². The average Bonchev–Trinajstić information content (AvgIpc) is 2.98. The van der Waals surface area contributed by atoms with Gasteiger partial charge in [-0.15, -0.1) is 6.58 Å². The lowest BCUT2D eigenvalue weighted by Crippen LogP contribution is -2.42. The zero-order valence-corrected chi connectivity index (χ0v) is 13.6. The van der Waals surface area contributed by atoms with Crippen molar-refractivity contribution in [2.24, 2.45) is 0 Å². The van der Waals surface area contributed by atoms with E-state index in [1.165, 1.54) is 0 Å². The molecule has 5 atom stereocenters. The number of hydrogen-bond donors (Lipinski definition) is 1. The van der Waals surface area contributed by atoms with Crippen LogP contribution < -0.4 is 0 Å². The van der Waals surface area contributed by atoms with Crippen molar-refractivity contribution in [2.45, 2.75) is 63.4 Å². The number of aliphatic hydroxyl groups excluding tert-OH is 1. The van der Waals surface area contributed by atoms with Gasteiger partial charge in [0.2, 0.25) is 0 Å². The molecule has 0 radical (unpaired) electrons. The molecule has 0 amide bonds. The summed E-state index contributed by atoms with van der Waals surface area (Å²) in [5, 5.41) is 10.3. The standard InChI is InChI=1S/C18H24O5/c1-4-8-13(19)14-15(20-11-12-9-6-5-7-10-12)16-17(21-14)23-18(2,3)22-16/h4-7,9-10,13-17,19H,1,8,11H2,2-3H3/t13-,14-,15+,16-,17-/m1/s1. The van der Waals surface area contributed by atoms with Gasteiger partial charge in [0.25, 0.3) is 0 Å². The molecule has 1 aromatic carbocycles. The first kappa shape index (κ1) is 16.6. The molecule has 126 valence electrons. The van der Waals surface area contributed by atoms with Crippen LogP contribution in [0.15, 0.2) is 43.0 Å². The summed E-state index contributed by atoms with van der Waals surface area (Å²) in [6.45, 7) is 7.79. The van der Waals surface area contributed by atoms with Gasteiger partial charge in [-0.2, -0.15) is 0 Å². The van der Waals surface area contributed by atoms with Gasteiger partial charge in [-0.05, 0) is 25.8 Å². The van der Waals surface area contributed by atoms with Crippen molar-refractivity contribution >= 4 is 0 Å². The van der Waals surface area contributed by atoms with E-state index < -0.39 is 30.4 Å². The Bertz CT molecular complexity index is 529. The van der Waals surface area contributed by atoms with Gasteiger partial charge in [0.1, 0.15) is 18.3 Å². The molecule has 0 unspecified atom stereocenters. The second-order valence-electron chi connectivity index (χ2n) is 6.42. The van der Waals surface area contributed by atoms with Crippen LogP contribution in [-0.4, -0.2) is 41.6 Å². The van der Waals surface area contributed by atoms with Crippen LogP contribution in [0.25, 0.3) is 0 Å². The molecule has 1 aromatic rings. The summed E-state index contributed by atoms with van der Waals surface area (Å²) in [4.78, 5) is 0. The maximum absolute atomic E-state index is 10.3. The SMILES string of the molecule is C=CC[C@@H](O)[C@H]1O[C@@H]2OC(C)(C)O[C@@H]2[C@H]1OCc1ccccc1. The molecule has 3 rings (SSSR count). The van der Waals surface area contributed by atoms with E-state index in [4.69, 9.17) is 18.9 Å². The van der Waals surface area contributed by atoms with Gasteiger partial charge < -0.3 is 24.1 Å². The molecule has 2 aliphatic rings. The number of aliphatic hydroxyl groups is 1. The Morgan fingerprint density at radius 3 is 2.74 bits per heavy atom. The van der Waals surface area contributed by atoms with E-state index in [-0.39, 0.29) is 6.10 Å². The lowest BCUT2D eigenvalue weighted by atomic mass is 10.0. The summed E-state index contributed by atoms with van der Waals surface area (Å²) < 4.78 is 23.6. The Morgan fingerprint density at radius 2 is 2.04 bits per heavy atom. The van der Waals surface area contributed by atoms with Crippen molar-refractivity contribution < 1.29 is 24.1 Å². The van der Waals surface area contributed by atoms with Gasteiger partial charge in [0.05, 0.1) is 12.7 Å². The topological polar surface area (TPSA) is 57.2 Å². The third kappa shape index (κ3) is 3.65. The van der Waals surface area contributed by atoms with Gasteiger partial charge in [-0.3, -0.25) is 0 Å². The Kier molecular flexibility index (Phi) is 4.85. The third-order valence-corrected chi connectivity index (χ3v) is 4.10. The minimum absolute atomic E-state index is 0.349. The minimum atomic E-state index is -0.710. The van der Waals surface area contributed by atoms with Gasteiger partial charge in [-0.25, -0.2) is 0 Å². The van der Waals surface area contributed by atoms with E-state index in [9.17, 15) is 5.11 Å². The highest BCUT2D eigenvalue weighted by Gasteiger charge is 2.56. The minimum Gasteiger partial charge on any atom is -0.390 e. The number of fused-ring (bicyclic) bond motifs is 1. The summed E-state index contributed by atoms with van der Waals surface area (Å²) >= 11 is 0. The fraction of sp³-hybridized carbons (Fsp3) is 0.556. The van der Waals surface area contributed by atoms with Gasteiger partial charge in [0, 0.05) is 0 Å². The summed E-state index contributed by atoms with van der Waals surface area (Å²) in [6.07, 6.45) is -0.358. The molecule has 0 aliphatic carbocycles. The van der Waals surface area contributed by atoms with Crippen molar-refractivity contribution in [3.05, 3.63) is 48.6 Å². The zero-order chi connectivity index (χ0) is 16.4. The Morgan fingerprint density at radius 1 is 1.30 bits per heavy atom. The molecule has 23 heavy (non-hydrogen) atoms. The first-order valence-corrected chi connectivity index (χ1v) is 7.96. The van der Waals surface area contributed by atoms with E-state index >= 15 is 0 Å². The summed E-state index contributed by atoms with van der Waals surface area (Å²) in [5.74, 6) is -0.710. The molecule has 2 heterocycles. The van der Waals surface area contributed by atoms with E-state index in [0.29, 0.717) is 13.0 Å². The van der Waals surface area contributed by atoms with Crippen molar-refractivity contribution in [1.82, 2.24) is 0 Å². The zero-order valence-electron chi connectivity index (χ0n) is 13.6. The molecule has 5 nitrogen and oxygen atoms in total. The fourth-order valence-corrected chi connectivity index (χ4v) is 3.08. The highest BCUT2D eigenvalue weighted by Crippen LogP contribution is 2.40. The van der Waals surface area contributed by atoms with E-state index in [2.05, 4.69) is 6.58 Å². The van der Waals surface area contributed by atoms with Crippen LogP contribution in [0, 0.1) is 0 Å². The summed E-state index contributed by atoms with van der Waals surface area (Å²) in [7, 11) is 0. The van der Waals surface area contributed by atoms with Gasteiger partial charge >= 0.3 is 0 Å². The number of benzene rings is 1. The Labute approximate surface area is 136 Å². The molecule has 0 bridgehead atoms. The lowest BCUT2D eigenvalue weighted by Gasteiger charge is -2.28. The second-order valence-corrected chi connectivity index (χ2v) is 6.42. The molecule has 2 aliphatic heterocycles. The largest absolute Gasteiger partial charge is 0.390 e. The molecule has 0 aromatic heterocycles. The number of hydrogen-bond acceptors (Lipinski definition) is 5. The quantitative estimate of drug-likeness (QED) is 0.816. The molecule has 5 heteroatoms. The van der Waals surface area contributed by atoms with Crippen molar-refractivity contribution in [2.75, 3.05) is 0 Å². The van der Waals surface area contributed by atoms with Crippen LogP contribution in [0.5, 0.6) is 0 Å². The predicted octanol–water partition coefficient (Wildman–Crippen LogP) is 2.39. The van der Waals surface area contributed by atoms with Crippen LogP contribution in [0.2, 0.25) is 0 Å². The van der Waals surface area contributed by atoms with Gasteiger partial charge in [-0.1, -0.05) is 36.4 Å². The lowest BCUT2D eigenvalue weighted by molar-refractivity contribution is -0.230. The molecule has 0 spiro atoms. The van der Waals surface area contributed by atoms with Crippen LogP contribution in [0.1, 0.15) is 25.8 Å². The van der Waals surface area contributed by atoms with Crippen LogP contribution in [0.3, 0.4) is 0 Å². The van der Waals surface area contributed by atoms with E-state index in [1.807, 2.05) is 44.2 Å². The van der Waals surface area contributed by atoms with Gasteiger partial charge in [0.15, 0.2) is 12.1 Å². The maximum Gasteiger partial charge on any atom is 0.190 e. The van der Waals surface area contributed by atoms with E-state index in [1.54, 1.807) is 6.08 Å². The molecule has 2 fully saturated rings. The fourth-order valence-electron chi connectivity index (χ4n) is 3.08. The smallest absolute Gasteiger partial charge is 0.190 e. The molecular weight excluding hydrogens is 296 g/mol. The summed E-state index contributed by atoms with van der Waals surface area (Å²) in [6, 6.07) is 9.89. The average molecular weight is 320 g/mol. The highest BCUT2D eigenvalue weighted by atomic mass is 16.8. The molecular formula is C18H24O5. The monoisotopic (exact) mass is 320 g/mol. The molecule has 2 saturated heterocycles. The predicted molar refractivity (Wildman–Crippen MR) is 84.5 cm³/mol. The third-order valence-electron chi connectivity index (χ3n) is 4.10. The number of rotatable bonds is 6. The maximum atomic E-state index is 10.3. The van der Waals surface area contributed by atoms with Crippen molar-refractivity contribution in [3.8, 4) is 0 Å². The molecule has 1 N–H and O–H groups in total. The van der Waals surface area contributed by atoms with E-state index in [0.717, 1.165) is 5.56 Å². The number of ether oxygens (including phenoxy) is 4. The summed E-state index contributed by atoms with van der Waals surface area (Å²) in [5.41, 5.74) is 1.06. The van der Waals surface area contributed by atoms with Crippen LogP contribution in [0.4, 0.5) is 0 Å². The highest BCUT2D eigenvalue weighted by molar-refractivity contribution is 5.13. The van der Waals surface area contributed by atoms with Crippen molar-refractivity contribution in [3.63, 3.8) is 0 Å². The Balaban J connectivity index is 1.72. The molecule has 0 saturated carbocycles.